The average molecular weight is 294 g/mol. The summed E-state index contributed by atoms with van der Waals surface area (Å²) >= 11 is 5.99. The average Bonchev–Trinajstić information content (AvgIpc) is 2.91. The summed E-state index contributed by atoms with van der Waals surface area (Å²) in [6.45, 7) is 0.816. The van der Waals surface area contributed by atoms with Gasteiger partial charge in [0.2, 0.25) is 0 Å². The second-order valence-electron chi connectivity index (χ2n) is 4.91. The van der Waals surface area contributed by atoms with Gasteiger partial charge in [-0.1, -0.05) is 22.8 Å². The zero-order chi connectivity index (χ0) is 13.9. The van der Waals surface area contributed by atoms with E-state index in [0.717, 1.165) is 19.4 Å². The van der Waals surface area contributed by atoms with E-state index in [4.69, 9.17) is 26.6 Å². The molecule has 6 heteroatoms. The van der Waals surface area contributed by atoms with Crippen LogP contribution in [0.3, 0.4) is 0 Å². The molecule has 0 radical (unpaired) electrons. The molecule has 0 bridgehead atoms. The highest BCUT2D eigenvalue weighted by molar-refractivity contribution is 6.33. The van der Waals surface area contributed by atoms with Gasteiger partial charge in [-0.3, -0.25) is 0 Å². The van der Waals surface area contributed by atoms with Crippen molar-refractivity contribution in [3.63, 3.8) is 0 Å². The van der Waals surface area contributed by atoms with Crippen molar-refractivity contribution < 1.29 is 9.26 Å². The van der Waals surface area contributed by atoms with Gasteiger partial charge in [0.15, 0.2) is 5.82 Å². The minimum Gasteiger partial charge on any atom is -0.397 e. The highest BCUT2D eigenvalue weighted by Crippen LogP contribution is 2.30. The van der Waals surface area contributed by atoms with Crippen LogP contribution in [0.2, 0.25) is 5.02 Å². The van der Waals surface area contributed by atoms with Crippen molar-refractivity contribution in [2.75, 3.05) is 12.3 Å². The van der Waals surface area contributed by atoms with Gasteiger partial charge in [0.25, 0.3) is 5.89 Å². The third-order valence-corrected chi connectivity index (χ3v) is 3.77. The molecule has 1 aromatic heterocycles. The Balaban J connectivity index is 1.77. The first-order valence-electron chi connectivity index (χ1n) is 6.72. The molecule has 0 amide bonds. The molecule has 0 saturated carbocycles. The molecule has 1 saturated heterocycles. The molecule has 3 rings (SSSR count). The maximum absolute atomic E-state index is 5.99. The third-order valence-electron chi connectivity index (χ3n) is 3.44. The lowest BCUT2D eigenvalue weighted by atomic mass is 10.1. The van der Waals surface area contributed by atoms with Gasteiger partial charge in [0.1, 0.15) is 0 Å². The number of nitrogens with zero attached hydrogens (tertiary/aromatic N) is 2. The Kier molecular flexibility index (Phi) is 3.89. The van der Waals surface area contributed by atoms with Crippen molar-refractivity contribution in [2.24, 2.45) is 0 Å². The van der Waals surface area contributed by atoms with Crippen LogP contribution in [0, 0.1) is 0 Å². The summed E-state index contributed by atoms with van der Waals surface area (Å²) in [4.78, 5) is 4.38. The summed E-state index contributed by atoms with van der Waals surface area (Å²) in [7, 11) is 0. The number of anilines is 1. The van der Waals surface area contributed by atoms with E-state index < -0.39 is 0 Å². The standard InChI is InChI=1S/C14H16ClN3O2/c15-11-6-3-5-10(13(11)16)14-17-12(18-20-14)8-9-4-1-2-7-19-9/h3,5-6,9H,1-2,4,7-8,16H2. The molecule has 1 atom stereocenters. The molecule has 2 heterocycles. The summed E-state index contributed by atoms with van der Waals surface area (Å²) < 4.78 is 10.9. The number of para-hydroxylation sites is 1. The first-order chi connectivity index (χ1) is 9.74. The van der Waals surface area contributed by atoms with E-state index in [1.54, 1.807) is 6.07 Å². The van der Waals surface area contributed by atoms with Crippen LogP contribution in [0.1, 0.15) is 25.1 Å². The number of nitrogens with two attached hydrogens (primary N) is 1. The number of ether oxygens (including phenoxy) is 1. The van der Waals surface area contributed by atoms with Crippen LogP contribution >= 0.6 is 11.6 Å². The summed E-state index contributed by atoms with van der Waals surface area (Å²) in [5, 5.41) is 4.48. The number of hydrogen-bond donors (Lipinski definition) is 1. The molecule has 1 aliphatic heterocycles. The van der Waals surface area contributed by atoms with E-state index in [1.807, 2.05) is 12.1 Å². The summed E-state index contributed by atoms with van der Waals surface area (Å²) in [5.41, 5.74) is 7.05. The van der Waals surface area contributed by atoms with E-state index in [-0.39, 0.29) is 6.10 Å². The monoisotopic (exact) mass is 293 g/mol. The second-order valence-corrected chi connectivity index (χ2v) is 5.32. The van der Waals surface area contributed by atoms with Crippen LogP contribution in [0.15, 0.2) is 22.7 Å². The van der Waals surface area contributed by atoms with Crippen molar-refractivity contribution in [2.45, 2.75) is 31.8 Å². The lowest BCUT2D eigenvalue weighted by Gasteiger charge is -2.20. The van der Waals surface area contributed by atoms with Crippen LogP contribution in [0.5, 0.6) is 0 Å². The first-order valence-corrected chi connectivity index (χ1v) is 7.10. The minimum absolute atomic E-state index is 0.186. The molecular formula is C14H16ClN3O2. The first kappa shape index (κ1) is 13.4. The van der Waals surface area contributed by atoms with Crippen LogP contribution in [0.25, 0.3) is 11.5 Å². The van der Waals surface area contributed by atoms with E-state index in [2.05, 4.69) is 10.1 Å². The van der Waals surface area contributed by atoms with E-state index >= 15 is 0 Å². The SMILES string of the molecule is Nc1c(Cl)cccc1-c1nc(CC2CCCCO2)no1. The fourth-order valence-electron chi connectivity index (χ4n) is 2.34. The predicted octanol–water partition coefficient (Wildman–Crippen LogP) is 3.08. The Labute approximate surface area is 122 Å². The Hall–Kier alpha value is -1.59. The molecule has 1 fully saturated rings. The highest BCUT2D eigenvalue weighted by atomic mass is 35.5. The smallest absolute Gasteiger partial charge is 0.260 e. The zero-order valence-corrected chi connectivity index (χ0v) is 11.8. The van der Waals surface area contributed by atoms with Crippen molar-refractivity contribution in [1.82, 2.24) is 10.1 Å². The van der Waals surface area contributed by atoms with Crippen molar-refractivity contribution in [1.29, 1.82) is 0 Å². The molecule has 20 heavy (non-hydrogen) atoms. The quantitative estimate of drug-likeness (QED) is 0.880. The van der Waals surface area contributed by atoms with Crippen LogP contribution in [-0.4, -0.2) is 22.9 Å². The Bertz CT molecular complexity index is 594. The molecule has 1 aromatic carbocycles. The van der Waals surface area contributed by atoms with Gasteiger partial charge >= 0.3 is 0 Å². The molecule has 0 aliphatic carbocycles. The highest BCUT2D eigenvalue weighted by Gasteiger charge is 2.19. The summed E-state index contributed by atoms with van der Waals surface area (Å²) in [6.07, 6.45) is 4.22. The summed E-state index contributed by atoms with van der Waals surface area (Å²) in [6, 6.07) is 5.35. The normalized spacial score (nSPS) is 19.1. The van der Waals surface area contributed by atoms with Gasteiger partial charge in [-0.25, -0.2) is 0 Å². The number of benzene rings is 1. The molecular weight excluding hydrogens is 278 g/mol. The Morgan fingerprint density at radius 3 is 3.05 bits per heavy atom. The largest absolute Gasteiger partial charge is 0.397 e. The number of aromatic nitrogens is 2. The minimum atomic E-state index is 0.186. The molecule has 1 aliphatic rings. The number of halogens is 1. The van der Waals surface area contributed by atoms with Gasteiger partial charge in [-0.2, -0.15) is 4.98 Å². The maximum atomic E-state index is 5.99. The second kappa shape index (κ2) is 5.81. The fraction of sp³-hybridized carbons (Fsp3) is 0.429. The lowest BCUT2D eigenvalue weighted by molar-refractivity contribution is 0.0153. The van der Waals surface area contributed by atoms with Crippen molar-refractivity contribution >= 4 is 17.3 Å². The van der Waals surface area contributed by atoms with Gasteiger partial charge in [0.05, 0.1) is 22.4 Å². The van der Waals surface area contributed by atoms with Gasteiger partial charge in [-0.15, -0.1) is 0 Å². The van der Waals surface area contributed by atoms with Crippen molar-refractivity contribution in [3.8, 4) is 11.5 Å². The number of hydrogen-bond acceptors (Lipinski definition) is 5. The molecule has 1 unspecified atom stereocenters. The van der Waals surface area contributed by atoms with E-state index in [0.29, 0.717) is 34.4 Å². The molecule has 106 valence electrons. The third kappa shape index (κ3) is 2.78. The Morgan fingerprint density at radius 1 is 1.35 bits per heavy atom. The number of nitrogen functional groups attached to an aromatic ring is 1. The van der Waals surface area contributed by atoms with Gasteiger partial charge in [-0.05, 0) is 31.4 Å². The van der Waals surface area contributed by atoms with Gasteiger partial charge in [0, 0.05) is 13.0 Å². The maximum Gasteiger partial charge on any atom is 0.260 e. The van der Waals surface area contributed by atoms with Gasteiger partial charge < -0.3 is 15.0 Å². The predicted molar refractivity (Wildman–Crippen MR) is 76.5 cm³/mol. The zero-order valence-electron chi connectivity index (χ0n) is 11.0. The molecule has 0 spiro atoms. The van der Waals surface area contributed by atoms with E-state index in [1.165, 1.54) is 6.42 Å². The Morgan fingerprint density at radius 2 is 2.25 bits per heavy atom. The van der Waals surface area contributed by atoms with Crippen LogP contribution in [0.4, 0.5) is 5.69 Å². The molecule has 2 N–H and O–H groups in total. The topological polar surface area (TPSA) is 74.2 Å². The van der Waals surface area contributed by atoms with Crippen molar-refractivity contribution in [3.05, 3.63) is 29.0 Å². The molecule has 5 nitrogen and oxygen atoms in total. The number of rotatable bonds is 3. The lowest BCUT2D eigenvalue weighted by Crippen LogP contribution is -2.21. The van der Waals surface area contributed by atoms with Crippen LogP contribution in [-0.2, 0) is 11.2 Å². The van der Waals surface area contributed by atoms with E-state index in [9.17, 15) is 0 Å². The molecule has 2 aromatic rings. The fourth-order valence-corrected chi connectivity index (χ4v) is 2.52. The summed E-state index contributed by atoms with van der Waals surface area (Å²) in [5.74, 6) is 1.04. The van der Waals surface area contributed by atoms with Crippen LogP contribution < -0.4 is 5.73 Å².